The molecule has 0 aliphatic rings. The molecule has 0 spiro atoms. The predicted molar refractivity (Wildman–Crippen MR) is 123 cm³/mol. The molecule has 0 fully saturated rings. The summed E-state index contributed by atoms with van der Waals surface area (Å²) < 4.78 is 8.49. The van der Waals surface area contributed by atoms with E-state index in [1.165, 1.54) is 10.7 Å². The number of aromatic nitrogens is 4. The van der Waals surface area contributed by atoms with Crippen molar-refractivity contribution in [2.45, 2.75) is 19.4 Å². The SMILES string of the molecule is COc1cccc(-c2ccc(=O)n(CC(=O)NCCCc3nc4ccccc4n3C)n2)c1. The number of carbonyl (C=O) groups excluding carboxylic acids is 1. The Morgan fingerprint density at radius 2 is 1.94 bits per heavy atom. The highest BCUT2D eigenvalue weighted by atomic mass is 16.5. The molecule has 2 heterocycles. The lowest BCUT2D eigenvalue weighted by Gasteiger charge is -2.09. The second kappa shape index (κ2) is 9.47. The number of amides is 1. The minimum atomic E-state index is -0.327. The summed E-state index contributed by atoms with van der Waals surface area (Å²) >= 11 is 0. The molecule has 0 atom stereocenters. The molecule has 0 bridgehead atoms. The first kappa shape index (κ1) is 21.3. The van der Waals surface area contributed by atoms with Crippen molar-refractivity contribution >= 4 is 16.9 Å². The number of methoxy groups -OCH3 is 1. The van der Waals surface area contributed by atoms with Crippen molar-refractivity contribution in [2.24, 2.45) is 7.05 Å². The summed E-state index contributed by atoms with van der Waals surface area (Å²) in [5.74, 6) is 1.41. The van der Waals surface area contributed by atoms with Gasteiger partial charge in [0.25, 0.3) is 5.56 Å². The van der Waals surface area contributed by atoms with E-state index in [1.807, 2.05) is 55.6 Å². The second-order valence-electron chi connectivity index (χ2n) is 7.48. The van der Waals surface area contributed by atoms with E-state index in [2.05, 4.69) is 20.0 Å². The molecule has 1 N–H and O–H groups in total. The molecule has 0 unspecified atom stereocenters. The number of imidazole rings is 1. The molecule has 8 nitrogen and oxygen atoms in total. The summed E-state index contributed by atoms with van der Waals surface area (Å²) in [6, 6.07) is 18.4. The fourth-order valence-corrected chi connectivity index (χ4v) is 3.58. The number of ether oxygens (including phenoxy) is 1. The third kappa shape index (κ3) is 4.69. The van der Waals surface area contributed by atoms with Crippen molar-refractivity contribution in [1.29, 1.82) is 0 Å². The van der Waals surface area contributed by atoms with Crippen molar-refractivity contribution in [3.05, 3.63) is 76.8 Å². The number of para-hydroxylation sites is 2. The lowest BCUT2D eigenvalue weighted by molar-refractivity contribution is -0.121. The van der Waals surface area contributed by atoms with Gasteiger partial charge in [0.05, 0.1) is 23.8 Å². The number of hydrogen-bond acceptors (Lipinski definition) is 5. The molecule has 4 rings (SSSR count). The van der Waals surface area contributed by atoms with Crippen LogP contribution in [-0.4, -0.2) is 38.9 Å². The minimum Gasteiger partial charge on any atom is -0.497 e. The van der Waals surface area contributed by atoms with Gasteiger partial charge in [-0.1, -0.05) is 24.3 Å². The Hall–Kier alpha value is -3.94. The first-order chi connectivity index (χ1) is 15.5. The third-order valence-corrected chi connectivity index (χ3v) is 5.30. The molecule has 164 valence electrons. The van der Waals surface area contributed by atoms with E-state index < -0.39 is 0 Å². The average Bonchev–Trinajstić information content (AvgIpc) is 3.14. The van der Waals surface area contributed by atoms with Crippen LogP contribution in [0.1, 0.15) is 12.2 Å². The van der Waals surface area contributed by atoms with Gasteiger partial charge < -0.3 is 14.6 Å². The number of aryl methyl sites for hydroxylation is 2. The molecule has 32 heavy (non-hydrogen) atoms. The van der Waals surface area contributed by atoms with E-state index >= 15 is 0 Å². The summed E-state index contributed by atoms with van der Waals surface area (Å²) in [5, 5.41) is 7.21. The number of fused-ring (bicyclic) bond motifs is 1. The van der Waals surface area contributed by atoms with Gasteiger partial charge in [-0.15, -0.1) is 0 Å². The molecular formula is C24H25N5O3. The highest BCUT2D eigenvalue weighted by Crippen LogP contribution is 2.21. The van der Waals surface area contributed by atoms with Gasteiger partial charge >= 0.3 is 0 Å². The fourth-order valence-electron chi connectivity index (χ4n) is 3.58. The molecule has 4 aromatic rings. The van der Waals surface area contributed by atoms with Crippen LogP contribution in [0.5, 0.6) is 5.75 Å². The molecule has 0 saturated heterocycles. The largest absolute Gasteiger partial charge is 0.497 e. The normalized spacial score (nSPS) is 10.9. The Kier molecular flexibility index (Phi) is 6.30. The molecular weight excluding hydrogens is 406 g/mol. The van der Waals surface area contributed by atoms with Crippen LogP contribution >= 0.6 is 0 Å². The number of nitrogens with one attached hydrogen (secondary N) is 1. The summed E-state index contributed by atoms with van der Waals surface area (Å²) in [6.07, 6.45) is 1.49. The van der Waals surface area contributed by atoms with Crippen LogP contribution in [0.2, 0.25) is 0 Å². The molecule has 1 amide bonds. The Labute approximate surface area is 185 Å². The summed E-state index contributed by atoms with van der Waals surface area (Å²) in [7, 11) is 3.59. The van der Waals surface area contributed by atoms with Crippen LogP contribution in [0.25, 0.3) is 22.3 Å². The van der Waals surface area contributed by atoms with Gasteiger partial charge in [0.15, 0.2) is 0 Å². The smallest absolute Gasteiger partial charge is 0.267 e. The maximum atomic E-state index is 12.4. The first-order valence-corrected chi connectivity index (χ1v) is 10.4. The van der Waals surface area contributed by atoms with Gasteiger partial charge in [-0.2, -0.15) is 5.10 Å². The maximum absolute atomic E-state index is 12.4. The van der Waals surface area contributed by atoms with E-state index in [0.717, 1.165) is 35.3 Å². The van der Waals surface area contributed by atoms with E-state index in [9.17, 15) is 9.59 Å². The van der Waals surface area contributed by atoms with Gasteiger partial charge in [-0.25, -0.2) is 9.67 Å². The van der Waals surface area contributed by atoms with Gasteiger partial charge in [-0.05, 0) is 36.8 Å². The lowest BCUT2D eigenvalue weighted by Crippen LogP contribution is -2.34. The van der Waals surface area contributed by atoms with Crippen LogP contribution in [-0.2, 0) is 24.8 Å². The van der Waals surface area contributed by atoms with Crippen molar-refractivity contribution in [2.75, 3.05) is 13.7 Å². The maximum Gasteiger partial charge on any atom is 0.267 e. The fraction of sp³-hybridized carbons (Fsp3) is 0.250. The Balaban J connectivity index is 1.34. The van der Waals surface area contributed by atoms with Crippen molar-refractivity contribution in [3.8, 4) is 17.0 Å². The molecule has 8 heteroatoms. The van der Waals surface area contributed by atoms with Gasteiger partial charge in [0.1, 0.15) is 18.1 Å². The summed E-state index contributed by atoms with van der Waals surface area (Å²) in [5.41, 5.74) is 3.13. The topological polar surface area (TPSA) is 91.0 Å². The molecule has 0 aliphatic carbocycles. The molecule has 2 aromatic heterocycles. The van der Waals surface area contributed by atoms with E-state index in [0.29, 0.717) is 18.0 Å². The quantitative estimate of drug-likeness (QED) is 0.433. The highest BCUT2D eigenvalue weighted by molar-refractivity contribution is 5.76. The zero-order valence-corrected chi connectivity index (χ0v) is 18.1. The van der Waals surface area contributed by atoms with E-state index in [-0.39, 0.29) is 18.0 Å². The number of rotatable bonds is 8. The summed E-state index contributed by atoms with van der Waals surface area (Å²) in [4.78, 5) is 29.2. The Bertz CT molecular complexity index is 1310. The van der Waals surface area contributed by atoms with Crippen LogP contribution in [0.4, 0.5) is 0 Å². The number of nitrogens with zero attached hydrogens (tertiary/aromatic N) is 4. The van der Waals surface area contributed by atoms with Crippen molar-refractivity contribution in [3.63, 3.8) is 0 Å². The Morgan fingerprint density at radius 1 is 1.09 bits per heavy atom. The van der Waals surface area contributed by atoms with Gasteiger partial charge in [0.2, 0.25) is 5.91 Å². The van der Waals surface area contributed by atoms with Crippen molar-refractivity contribution < 1.29 is 9.53 Å². The van der Waals surface area contributed by atoms with Crippen LogP contribution < -0.4 is 15.6 Å². The highest BCUT2D eigenvalue weighted by Gasteiger charge is 2.10. The first-order valence-electron chi connectivity index (χ1n) is 10.4. The lowest BCUT2D eigenvalue weighted by atomic mass is 10.1. The number of benzene rings is 2. The standard InChI is InChI=1S/C24H25N5O3/c1-28-21-10-4-3-9-20(21)26-22(28)11-6-14-25-23(30)16-29-24(31)13-12-19(27-29)17-7-5-8-18(15-17)32-2/h3-5,7-10,12-13,15H,6,11,14,16H2,1-2H3,(H,25,30). The zero-order chi connectivity index (χ0) is 22.5. The monoisotopic (exact) mass is 431 g/mol. The van der Waals surface area contributed by atoms with Gasteiger partial charge in [-0.3, -0.25) is 9.59 Å². The van der Waals surface area contributed by atoms with E-state index in [1.54, 1.807) is 13.2 Å². The Morgan fingerprint density at radius 3 is 2.75 bits per heavy atom. The van der Waals surface area contributed by atoms with Crippen molar-refractivity contribution in [1.82, 2.24) is 24.6 Å². The molecule has 0 aliphatic heterocycles. The van der Waals surface area contributed by atoms with Gasteiger partial charge in [0, 0.05) is 31.6 Å². The number of hydrogen-bond donors (Lipinski definition) is 1. The average molecular weight is 431 g/mol. The van der Waals surface area contributed by atoms with E-state index in [4.69, 9.17) is 4.74 Å². The predicted octanol–water partition coefficient (Wildman–Crippen LogP) is 2.55. The van der Waals surface area contributed by atoms with Crippen LogP contribution in [0.3, 0.4) is 0 Å². The second-order valence-corrected chi connectivity index (χ2v) is 7.48. The number of carbonyl (C=O) groups is 1. The minimum absolute atomic E-state index is 0.136. The molecule has 0 saturated carbocycles. The molecule has 2 aromatic carbocycles. The zero-order valence-electron chi connectivity index (χ0n) is 18.1. The van der Waals surface area contributed by atoms with Crippen LogP contribution in [0, 0.1) is 0 Å². The third-order valence-electron chi connectivity index (χ3n) is 5.30. The molecule has 0 radical (unpaired) electrons. The van der Waals surface area contributed by atoms with Crippen LogP contribution in [0.15, 0.2) is 65.5 Å². The summed E-state index contributed by atoms with van der Waals surface area (Å²) in [6.45, 7) is 0.356.